The van der Waals surface area contributed by atoms with Gasteiger partial charge in [0.2, 0.25) is 11.9 Å². The van der Waals surface area contributed by atoms with Gasteiger partial charge in [0, 0.05) is 12.1 Å². The van der Waals surface area contributed by atoms with Gasteiger partial charge in [-0.1, -0.05) is 12.1 Å². The molecule has 0 radical (unpaired) electrons. The highest BCUT2D eigenvalue weighted by Crippen LogP contribution is 2.14. The third-order valence-corrected chi connectivity index (χ3v) is 4.42. The number of rotatable bonds is 6. The van der Waals surface area contributed by atoms with Crippen molar-refractivity contribution < 1.29 is 9.18 Å². The molecule has 0 fully saturated rings. The van der Waals surface area contributed by atoms with Gasteiger partial charge in [0.25, 0.3) is 0 Å². The molecule has 2 heterocycles. The molecule has 0 unspecified atom stereocenters. The summed E-state index contributed by atoms with van der Waals surface area (Å²) in [4.78, 5) is 16.1. The molecular weight excluding hydrogens is 391 g/mol. The van der Waals surface area contributed by atoms with Crippen LogP contribution in [0.1, 0.15) is 17.7 Å². The van der Waals surface area contributed by atoms with Crippen LogP contribution in [-0.4, -0.2) is 30.5 Å². The van der Waals surface area contributed by atoms with Crippen LogP contribution in [0.3, 0.4) is 0 Å². The van der Waals surface area contributed by atoms with Crippen molar-refractivity contribution in [1.29, 1.82) is 0 Å². The summed E-state index contributed by atoms with van der Waals surface area (Å²) in [5.41, 5.74) is 1.86. The highest BCUT2D eigenvalue weighted by Gasteiger charge is 2.09. The number of halogens is 2. The zero-order valence-corrected chi connectivity index (χ0v) is 15.1. The van der Waals surface area contributed by atoms with Gasteiger partial charge in [0.1, 0.15) is 12.1 Å². The highest BCUT2D eigenvalue weighted by molar-refractivity contribution is 9.10. The number of hydrogen-bond acceptors (Lipinski definition) is 4. The van der Waals surface area contributed by atoms with E-state index in [1.807, 2.05) is 6.92 Å². The molecule has 0 aliphatic rings. The van der Waals surface area contributed by atoms with Crippen LogP contribution in [0.25, 0.3) is 0 Å². The average molecular weight is 407 g/mol. The standard InChI is InChI=1S/C16H16BrFN6O/c1-11-14(17)8-20-24(11)7-6-15(25)21-16-19-10-23(22-16)9-12-2-4-13(18)5-3-12/h2-5,8,10H,6-7,9H2,1H3,(H,21,22,25). The van der Waals surface area contributed by atoms with E-state index >= 15 is 0 Å². The number of carbonyl (C=O) groups excluding carboxylic acids is 1. The van der Waals surface area contributed by atoms with Crippen LogP contribution >= 0.6 is 15.9 Å². The lowest BCUT2D eigenvalue weighted by Gasteiger charge is -2.04. The normalized spacial score (nSPS) is 10.8. The first-order chi connectivity index (χ1) is 12.0. The number of anilines is 1. The molecule has 0 spiro atoms. The third-order valence-electron chi connectivity index (χ3n) is 3.64. The lowest BCUT2D eigenvalue weighted by molar-refractivity contribution is -0.116. The number of nitrogens with one attached hydrogen (secondary N) is 1. The van der Waals surface area contributed by atoms with Gasteiger partial charge in [0.15, 0.2) is 0 Å². The third kappa shape index (κ3) is 4.50. The predicted molar refractivity (Wildman–Crippen MR) is 93.4 cm³/mol. The molecule has 9 heteroatoms. The van der Waals surface area contributed by atoms with Crippen LogP contribution < -0.4 is 5.32 Å². The topological polar surface area (TPSA) is 77.6 Å². The van der Waals surface area contributed by atoms with E-state index < -0.39 is 0 Å². The number of benzene rings is 1. The Morgan fingerprint density at radius 3 is 2.76 bits per heavy atom. The molecule has 0 atom stereocenters. The summed E-state index contributed by atoms with van der Waals surface area (Å²) >= 11 is 3.38. The Morgan fingerprint density at radius 1 is 1.32 bits per heavy atom. The van der Waals surface area contributed by atoms with Crippen molar-refractivity contribution in [2.75, 3.05) is 5.32 Å². The van der Waals surface area contributed by atoms with E-state index in [-0.39, 0.29) is 24.1 Å². The number of aryl methyl sites for hydroxylation is 1. The van der Waals surface area contributed by atoms with E-state index in [4.69, 9.17) is 0 Å². The number of amides is 1. The first kappa shape index (κ1) is 17.3. The van der Waals surface area contributed by atoms with Crippen molar-refractivity contribution in [2.24, 2.45) is 0 Å². The van der Waals surface area contributed by atoms with Gasteiger partial charge < -0.3 is 0 Å². The number of carbonyl (C=O) groups is 1. The maximum Gasteiger partial charge on any atom is 0.248 e. The highest BCUT2D eigenvalue weighted by atomic mass is 79.9. The van der Waals surface area contributed by atoms with E-state index in [0.29, 0.717) is 13.1 Å². The largest absolute Gasteiger partial charge is 0.293 e. The molecule has 25 heavy (non-hydrogen) atoms. The summed E-state index contributed by atoms with van der Waals surface area (Å²) in [5.74, 6) is -0.231. The Balaban J connectivity index is 1.53. The second-order valence-electron chi connectivity index (χ2n) is 5.49. The average Bonchev–Trinajstić information content (AvgIpc) is 3.15. The maximum absolute atomic E-state index is 12.9. The summed E-state index contributed by atoms with van der Waals surface area (Å²) < 4.78 is 17.1. The van der Waals surface area contributed by atoms with Gasteiger partial charge in [0.05, 0.1) is 23.8 Å². The van der Waals surface area contributed by atoms with Gasteiger partial charge in [-0.25, -0.2) is 14.1 Å². The minimum atomic E-state index is -0.283. The minimum absolute atomic E-state index is 0.189. The van der Waals surface area contributed by atoms with E-state index in [9.17, 15) is 9.18 Å². The van der Waals surface area contributed by atoms with Crippen LogP contribution in [0.2, 0.25) is 0 Å². The second kappa shape index (κ2) is 7.56. The number of nitrogens with zero attached hydrogens (tertiary/aromatic N) is 5. The summed E-state index contributed by atoms with van der Waals surface area (Å²) in [6.45, 7) is 2.84. The molecule has 2 aromatic heterocycles. The summed E-state index contributed by atoms with van der Waals surface area (Å²) in [5, 5.41) is 11.0. The summed E-state index contributed by atoms with van der Waals surface area (Å²) in [7, 11) is 0. The van der Waals surface area contributed by atoms with Gasteiger partial charge in [-0.15, -0.1) is 5.10 Å². The molecule has 0 saturated heterocycles. The zero-order chi connectivity index (χ0) is 17.8. The second-order valence-corrected chi connectivity index (χ2v) is 6.35. The van der Waals surface area contributed by atoms with E-state index in [1.54, 1.807) is 27.7 Å². The van der Waals surface area contributed by atoms with Crippen LogP contribution in [0.4, 0.5) is 10.3 Å². The van der Waals surface area contributed by atoms with Gasteiger partial charge in [-0.05, 0) is 40.5 Å². The van der Waals surface area contributed by atoms with Crippen LogP contribution in [-0.2, 0) is 17.9 Å². The van der Waals surface area contributed by atoms with Crippen LogP contribution in [0.15, 0.2) is 41.3 Å². The Hall–Kier alpha value is -2.55. The fraction of sp³-hybridized carbons (Fsp3) is 0.250. The van der Waals surface area contributed by atoms with Crippen molar-refractivity contribution in [2.45, 2.75) is 26.4 Å². The Kier molecular flexibility index (Phi) is 5.22. The van der Waals surface area contributed by atoms with Crippen molar-refractivity contribution in [3.8, 4) is 0 Å². The van der Waals surface area contributed by atoms with Crippen LogP contribution in [0.5, 0.6) is 0 Å². The number of aromatic nitrogens is 5. The van der Waals surface area contributed by atoms with Gasteiger partial charge >= 0.3 is 0 Å². The van der Waals surface area contributed by atoms with E-state index in [1.165, 1.54) is 18.5 Å². The molecule has 7 nitrogen and oxygen atoms in total. The predicted octanol–water partition coefficient (Wildman–Crippen LogP) is 2.76. The number of hydrogen-bond donors (Lipinski definition) is 1. The molecule has 3 rings (SSSR count). The Labute approximate surface area is 152 Å². The Bertz CT molecular complexity index is 873. The van der Waals surface area contributed by atoms with Gasteiger partial charge in [-0.3, -0.25) is 14.8 Å². The minimum Gasteiger partial charge on any atom is -0.293 e. The van der Waals surface area contributed by atoms with Crippen molar-refractivity contribution >= 4 is 27.8 Å². The molecule has 1 aromatic carbocycles. The van der Waals surface area contributed by atoms with E-state index in [2.05, 4.69) is 36.4 Å². The Morgan fingerprint density at radius 2 is 2.08 bits per heavy atom. The zero-order valence-electron chi connectivity index (χ0n) is 13.5. The molecule has 3 aromatic rings. The lowest BCUT2D eigenvalue weighted by Crippen LogP contribution is -2.16. The van der Waals surface area contributed by atoms with Gasteiger partial charge in [-0.2, -0.15) is 5.10 Å². The molecule has 1 N–H and O–H groups in total. The van der Waals surface area contributed by atoms with Crippen molar-refractivity contribution in [3.63, 3.8) is 0 Å². The molecule has 130 valence electrons. The first-order valence-corrected chi connectivity index (χ1v) is 8.42. The summed E-state index contributed by atoms with van der Waals surface area (Å²) in [6, 6.07) is 6.15. The molecule has 0 bridgehead atoms. The van der Waals surface area contributed by atoms with E-state index in [0.717, 1.165) is 15.7 Å². The molecule has 1 amide bonds. The lowest BCUT2D eigenvalue weighted by atomic mass is 10.2. The molecule has 0 aliphatic carbocycles. The summed E-state index contributed by atoms with van der Waals surface area (Å²) in [6.07, 6.45) is 3.49. The smallest absolute Gasteiger partial charge is 0.248 e. The maximum atomic E-state index is 12.9. The SMILES string of the molecule is Cc1c(Br)cnn1CCC(=O)Nc1ncn(Cc2ccc(F)cc2)n1. The van der Waals surface area contributed by atoms with Crippen molar-refractivity contribution in [3.05, 3.63) is 58.3 Å². The van der Waals surface area contributed by atoms with Crippen molar-refractivity contribution in [1.82, 2.24) is 24.5 Å². The molecule has 0 saturated carbocycles. The first-order valence-electron chi connectivity index (χ1n) is 7.63. The fourth-order valence-corrected chi connectivity index (χ4v) is 2.54. The monoisotopic (exact) mass is 406 g/mol. The fourth-order valence-electron chi connectivity index (χ4n) is 2.25. The van der Waals surface area contributed by atoms with Crippen LogP contribution in [0, 0.1) is 12.7 Å². The molecular formula is C16H16BrFN6O. The quantitative estimate of drug-likeness (QED) is 0.682. The molecule has 0 aliphatic heterocycles.